The molecule has 3 aromatic rings. The van der Waals surface area contributed by atoms with Crippen LogP contribution in [0.25, 0.3) is 11.3 Å². The van der Waals surface area contributed by atoms with Gasteiger partial charge in [0.1, 0.15) is 0 Å². The van der Waals surface area contributed by atoms with Crippen LogP contribution in [0.2, 0.25) is 5.02 Å². The smallest absolute Gasteiger partial charge is 0.333 e. The van der Waals surface area contributed by atoms with Crippen LogP contribution in [0.15, 0.2) is 42.7 Å². The number of hydrogen-bond acceptors (Lipinski definition) is 5. The Morgan fingerprint density at radius 1 is 1.18 bits per heavy atom. The minimum Gasteiger partial charge on any atom is -0.334 e. The molecular formula is C28H27ClF2N6O2. The number of fused-ring (bicyclic) bond motifs is 4. The van der Waals surface area contributed by atoms with Crippen molar-refractivity contribution in [1.29, 1.82) is 5.26 Å². The van der Waals surface area contributed by atoms with E-state index in [4.69, 9.17) is 11.6 Å². The van der Waals surface area contributed by atoms with Crippen molar-refractivity contribution < 1.29 is 18.4 Å². The first kappa shape index (κ1) is 26.8. The summed E-state index contributed by atoms with van der Waals surface area (Å²) in [5, 5.41) is 16.6. The highest BCUT2D eigenvalue weighted by molar-refractivity contribution is 6.30. The number of nitriles is 1. The van der Waals surface area contributed by atoms with E-state index in [1.54, 1.807) is 42.2 Å². The second kappa shape index (κ2) is 11.1. The van der Waals surface area contributed by atoms with Gasteiger partial charge >= 0.3 is 6.55 Å². The highest BCUT2D eigenvalue weighted by Gasteiger charge is 2.34. The molecule has 39 heavy (non-hydrogen) atoms. The zero-order valence-corrected chi connectivity index (χ0v) is 22.0. The number of piperidine rings is 1. The van der Waals surface area contributed by atoms with Crippen molar-refractivity contribution in [2.75, 3.05) is 11.9 Å². The molecular weight excluding hydrogens is 526 g/mol. The van der Waals surface area contributed by atoms with Crippen LogP contribution in [-0.2, 0) is 9.59 Å². The largest absolute Gasteiger partial charge is 0.334 e. The van der Waals surface area contributed by atoms with Gasteiger partial charge in [-0.3, -0.25) is 14.6 Å². The molecule has 3 atom stereocenters. The van der Waals surface area contributed by atoms with Gasteiger partial charge in [-0.1, -0.05) is 24.9 Å². The third-order valence-electron chi connectivity index (χ3n) is 7.61. The van der Waals surface area contributed by atoms with Gasteiger partial charge in [0.15, 0.2) is 0 Å². The van der Waals surface area contributed by atoms with Gasteiger partial charge in [0.2, 0.25) is 11.8 Å². The summed E-state index contributed by atoms with van der Waals surface area (Å²) in [6.07, 6.45) is 5.39. The van der Waals surface area contributed by atoms with E-state index in [1.165, 1.54) is 12.4 Å². The van der Waals surface area contributed by atoms with Crippen LogP contribution in [-0.4, -0.2) is 38.0 Å². The molecule has 2 aliphatic heterocycles. The van der Waals surface area contributed by atoms with Gasteiger partial charge in [-0.05, 0) is 61.1 Å². The molecule has 2 aromatic heterocycles. The number of aromatic nitrogens is 3. The van der Waals surface area contributed by atoms with Gasteiger partial charge in [-0.2, -0.15) is 19.1 Å². The maximum atomic E-state index is 13.8. The summed E-state index contributed by atoms with van der Waals surface area (Å²) in [6.45, 7) is -0.679. The van der Waals surface area contributed by atoms with Crippen molar-refractivity contribution in [3.05, 3.63) is 64.6 Å². The molecule has 1 unspecified atom stereocenters. The van der Waals surface area contributed by atoms with Crippen LogP contribution < -0.4 is 5.32 Å². The third-order valence-corrected chi connectivity index (χ3v) is 7.84. The minimum absolute atomic E-state index is 0.0801. The number of nitrogens with one attached hydrogen (secondary N) is 1. The number of anilines is 1. The van der Waals surface area contributed by atoms with Gasteiger partial charge in [-0.15, -0.1) is 0 Å². The molecule has 0 saturated carbocycles. The molecule has 4 heterocycles. The first-order valence-electron chi connectivity index (χ1n) is 12.9. The molecule has 2 bridgehead atoms. The number of halogens is 3. The van der Waals surface area contributed by atoms with E-state index in [-0.39, 0.29) is 41.5 Å². The average Bonchev–Trinajstić information content (AvgIpc) is 3.34. The first-order valence-corrected chi connectivity index (χ1v) is 13.3. The standard InChI is InChI=1S/C28H27ClF2N6O2/c1-16-3-2-4-24(36-10-8-17(12-25(36)38)21-13-20(29)6-5-19(21)14-32)22-11-18(7-9-33-22)26-23(35-27(16)39)15-34-37(26)28(30)31/h5-7,9,11,13,15-17,24,28H,2-4,8,10,12H2,1H3,(H,35,39)/t16-,17?,24+/m1/s1. The number of carbonyl (C=O) groups excluding carboxylic acids is 2. The van der Waals surface area contributed by atoms with Crippen molar-refractivity contribution in [2.24, 2.45) is 5.92 Å². The molecule has 1 aromatic carbocycles. The van der Waals surface area contributed by atoms with Crippen LogP contribution >= 0.6 is 11.6 Å². The quantitative estimate of drug-likeness (QED) is 0.424. The number of likely N-dealkylation sites (tertiary alicyclic amines) is 1. The van der Waals surface area contributed by atoms with Gasteiger partial charge < -0.3 is 10.2 Å². The van der Waals surface area contributed by atoms with Crippen molar-refractivity contribution in [1.82, 2.24) is 19.7 Å². The molecule has 0 radical (unpaired) electrons. The molecule has 0 spiro atoms. The Labute approximate surface area is 229 Å². The van der Waals surface area contributed by atoms with Gasteiger partial charge in [-0.25, -0.2) is 4.68 Å². The van der Waals surface area contributed by atoms with Gasteiger partial charge in [0, 0.05) is 35.7 Å². The van der Waals surface area contributed by atoms with E-state index in [1.807, 2.05) is 0 Å². The maximum absolute atomic E-state index is 13.8. The summed E-state index contributed by atoms with van der Waals surface area (Å²) < 4.78 is 28.3. The zero-order chi connectivity index (χ0) is 27.7. The highest BCUT2D eigenvalue weighted by Crippen LogP contribution is 2.39. The van der Waals surface area contributed by atoms with Crippen molar-refractivity contribution in [3.8, 4) is 17.3 Å². The molecule has 8 nitrogen and oxygen atoms in total. The number of alkyl halides is 2. The highest BCUT2D eigenvalue weighted by atomic mass is 35.5. The van der Waals surface area contributed by atoms with E-state index < -0.39 is 12.6 Å². The van der Waals surface area contributed by atoms with Crippen LogP contribution in [0.3, 0.4) is 0 Å². The number of carbonyl (C=O) groups is 2. The Hall–Kier alpha value is -3.84. The SMILES string of the molecule is C[C@@H]1CCC[C@H](N2CCC(c3cc(Cl)ccc3C#N)CC2=O)c2cc(ccn2)-c2c(cnn2C(F)F)NC1=O. The number of benzene rings is 1. The molecule has 11 heteroatoms. The number of pyridine rings is 1. The summed E-state index contributed by atoms with van der Waals surface area (Å²) in [5.41, 5.74) is 2.57. The Bertz CT molecular complexity index is 1450. The van der Waals surface area contributed by atoms with Crippen molar-refractivity contribution in [3.63, 3.8) is 0 Å². The minimum atomic E-state index is -2.91. The number of rotatable bonds is 3. The predicted octanol–water partition coefficient (Wildman–Crippen LogP) is 6.07. The second-order valence-electron chi connectivity index (χ2n) is 10.1. The molecule has 0 aliphatic carbocycles. The summed E-state index contributed by atoms with van der Waals surface area (Å²) >= 11 is 6.19. The second-order valence-corrected chi connectivity index (χ2v) is 10.5. The lowest BCUT2D eigenvalue weighted by Crippen LogP contribution is -2.41. The van der Waals surface area contributed by atoms with Crippen LogP contribution in [0.4, 0.5) is 14.5 Å². The lowest BCUT2D eigenvalue weighted by molar-refractivity contribution is -0.137. The van der Waals surface area contributed by atoms with Crippen LogP contribution in [0, 0.1) is 17.2 Å². The molecule has 1 saturated heterocycles. The Morgan fingerprint density at radius 2 is 2.00 bits per heavy atom. The molecule has 5 rings (SSSR count). The fourth-order valence-electron chi connectivity index (χ4n) is 5.55. The van der Waals surface area contributed by atoms with E-state index >= 15 is 0 Å². The monoisotopic (exact) mass is 552 g/mol. The lowest BCUT2D eigenvalue weighted by Gasteiger charge is -2.38. The topological polar surface area (TPSA) is 104 Å². The molecule has 1 N–H and O–H groups in total. The van der Waals surface area contributed by atoms with Crippen LogP contribution in [0.1, 0.15) is 74.4 Å². The van der Waals surface area contributed by atoms with Crippen molar-refractivity contribution in [2.45, 2.75) is 57.5 Å². The number of amides is 2. The van der Waals surface area contributed by atoms with Gasteiger partial charge in [0.25, 0.3) is 0 Å². The number of hydrogen-bond donors (Lipinski definition) is 1. The maximum Gasteiger partial charge on any atom is 0.333 e. The predicted molar refractivity (Wildman–Crippen MR) is 141 cm³/mol. The summed E-state index contributed by atoms with van der Waals surface area (Å²) in [7, 11) is 0. The third kappa shape index (κ3) is 5.36. The van der Waals surface area contributed by atoms with E-state index in [2.05, 4.69) is 21.5 Å². The fraction of sp³-hybridized carbons (Fsp3) is 0.393. The molecule has 2 aliphatic rings. The Morgan fingerprint density at radius 3 is 2.74 bits per heavy atom. The van der Waals surface area contributed by atoms with E-state index in [9.17, 15) is 23.6 Å². The summed E-state index contributed by atoms with van der Waals surface area (Å²) in [6, 6.07) is 10.2. The molecule has 202 valence electrons. The van der Waals surface area contributed by atoms with E-state index in [0.29, 0.717) is 58.8 Å². The Kier molecular flexibility index (Phi) is 7.62. The van der Waals surface area contributed by atoms with Crippen LogP contribution in [0.5, 0.6) is 0 Å². The summed E-state index contributed by atoms with van der Waals surface area (Å²) in [5.74, 6) is -0.862. The zero-order valence-electron chi connectivity index (χ0n) is 21.3. The first-order chi connectivity index (χ1) is 18.8. The average molecular weight is 553 g/mol. The normalized spacial score (nSPS) is 21.9. The Balaban J connectivity index is 1.50. The molecule has 2 amide bonds. The van der Waals surface area contributed by atoms with Gasteiger partial charge in [0.05, 0.1) is 40.9 Å². The summed E-state index contributed by atoms with van der Waals surface area (Å²) in [4.78, 5) is 32.7. The van der Waals surface area contributed by atoms with Crippen molar-refractivity contribution >= 4 is 29.1 Å². The lowest BCUT2D eigenvalue weighted by atomic mass is 9.85. The molecule has 1 fully saturated rings. The number of nitrogens with zero attached hydrogens (tertiary/aromatic N) is 5. The van der Waals surface area contributed by atoms with E-state index in [0.717, 1.165) is 5.56 Å². The fourth-order valence-corrected chi connectivity index (χ4v) is 5.73.